The van der Waals surface area contributed by atoms with E-state index in [0.29, 0.717) is 39.8 Å². The fourth-order valence-corrected chi connectivity index (χ4v) is 6.91. The minimum atomic E-state index is -1.26. The number of piperidine rings is 1. The van der Waals surface area contributed by atoms with E-state index in [9.17, 15) is 4.79 Å². The molecule has 0 saturated carbocycles. The predicted octanol–water partition coefficient (Wildman–Crippen LogP) is 7.40. The standard InChI is InChI=1S/C35H59N7O4Si2/c1-35(2,3)46-34(43)40-16-12-13-28(24-40)30-21-32(41(25-44-17-19-47(6,7)8)26-45-18-20-48(9,10)11)42-33(38-30)29(23-37-42)27-14-15-31(36-22-27)39(4)5/h14-15,21-23,28H,12-13,16-20,24-26H2,1-11H3. The quantitative estimate of drug-likeness (QED) is 0.0970. The Bertz CT molecular complexity index is 1470. The number of amides is 1. The van der Waals surface area contributed by atoms with Gasteiger partial charge in [-0.25, -0.2) is 14.8 Å². The van der Waals surface area contributed by atoms with Crippen LogP contribution in [0.5, 0.6) is 0 Å². The Labute approximate surface area is 290 Å². The zero-order valence-corrected chi connectivity index (χ0v) is 33.3. The molecular formula is C35H59N7O4Si2. The zero-order chi connectivity index (χ0) is 35.3. The number of hydrogen-bond acceptors (Lipinski definition) is 9. The van der Waals surface area contributed by atoms with Crippen molar-refractivity contribution in [2.24, 2.45) is 0 Å². The van der Waals surface area contributed by atoms with E-state index < -0.39 is 21.7 Å². The third-order valence-electron chi connectivity index (χ3n) is 8.29. The number of anilines is 2. The van der Waals surface area contributed by atoms with Gasteiger partial charge in [0, 0.05) is 85.9 Å². The SMILES string of the molecule is CN(C)c1ccc(-c2cnn3c(N(COCC[Si](C)(C)C)COCC[Si](C)(C)C)cc(C4CCCN(C(=O)OC(C)(C)C)C4)nc23)cn1. The lowest BCUT2D eigenvalue weighted by Crippen LogP contribution is -2.42. The van der Waals surface area contributed by atoms with Crippen molar-refractivity contribution in [1.29, 1.82) is 0 Å². The normalized spacial score (nSPS) is 16.0. The van der Waals surface area contributed by atoms with Crippen LogP contribution in [0.4, 0.5) is 16.4 Å². The Hall–Kier alpha value is -3.01. The Morgan fingerprint density at radius 1 is 0.979 bits per heavy atom. The molecule has 1 aliphatic heterocycles. The maximum absolute atomic E-state index is 13.1. The van der Waals surface area contributed by atoms with Crippen LogP contribution in [-0.4, -0.2) is 106 Å². The van der Waals surface area contributed by atoms with Crippen molar-refractivity contribution in [3.8, 4) is 11.1 Å². The van der Waals surface area contributed by atoms with Crippen LogP contribution in [0.1, 0.15) is 45.2 Å². The lowest BCUT2D eigenvalue weighted by molar-refractivity contribution is 0.0197. The summed E-state index contributed by atoms with van der Waals surface area (Å²) in [7, 11) is 1.44. The van der Waals surface area contributed by atoms with Gasteiger partial charge in [-0.3, -0.25) is 0 Å². The summed E-state index contributed by atoms with van der Waals surface area (Å²) in [6, 6.07) is 8.35. The van der Waals surface area contributed by atoms with Crippen LogP contribution in [0, 0.1) is 0 Å². The molecule has 4 rings (SSSR count). The Morgan fingerprint density at radius 3 is 2.17 bits per heavy atom. The molecule has 1 aliphatic rings. The van der Waals surface area contributed by atoms with E-state index in [-0.39, 0.29) is 12.0 Å². The lowest BCUT2D eigenvalue weighted by atomic mass is 9.94. The topological polar surface area (TPSA) is 97.6 Å². The predicted molar refractivity (Wildman–Crippen MR) is 201 cm³/mol. The second kappa shape index (κ2) is 15.7. The first kappa shape index (κ1) is 37.8. The Morgan fingerprint density at radius 2 is 1.62 bits per heavy atom. The molecule has 0 bridgehead atoms. The van der Waals surface area contributed by atoms with Crippen molar-refractivity contribution >= 4 is 39.5 Å². The molecule has 0 radical (unpaired) electrons. The second-order valence-corrected chi connectivity index (χ2v) is 27.9. The summed E-state index contributed by atoms with van der Waals surface area (Å²) in [6.07, 6.45) is 5.26. The molecule has 11 nitrogen and oxygen atoms in total. The smallest absolute Gasteiger partial charge is 0.410 e. The number of hydrogen-bond donors (Lipinski definition) is 0. The van der Waals surface area contributed by atoms with E-state index in [2.05, 4.69) is 61.3 Å². The van der Waals surface area contributed by atoms with Gasteiger partial charge in [0.25, 0.3) is 0 Å². The number of pyridine rings is 1. The second-order valence-electron chi connectivity index (χ2n) is 16.6. The molecule has 266 valence electrons. The molecule has 3 aromatic rings. The molecular weight excluding hydrogens is 639 g/mol. The van der Waals surface area contributed by atoms with Gasteiger partial charge in [-0.15, -0.1) is 0 Å². The highest BCUT2D eigenvalue weighted by Gasteiger charge is 2.31. The molecule has 0 aromatic carbocycles. The van der Waals surface area contributed by atoms with Crippen molar-refractivity contribution in [3.63, 3.8) is 0 Å². The van der Waals surface area contributed by atoms with E-state index in [1.807, 2.05) is 67.6 Å². The maximum atomic E-state index is 13.1. The third-order valence-corrected chi connectivity index (χ3v) is 11.7. The van der Waals surface area contributed by atoms with E-state index >= 15 is 0 Å². The van der Waals surface area contributed by atoms with Gasteiger partial charge in [0.2, 0.25) is 0 Å². The largest absolute Gasteiger partial charge is 0.444 e. The summed E-state index contributed by atoms with van der Waals surface area (Å²) in [5, 5.41) is 4.87. The fourth-order valence-electron chi connectivity index (χ4n) is 5.40. The summed E-state index contributed by atoms with van der Waals surface area (Å²) in [5.41, 5.74) is 2.94. The zero-order valence-electron chi connectivity index (χ0n) is 31.3. The fraction of sp³-hybridized carbons (Fsp3) is 0.657. The minimum Gasteiger partial charge on any atom is -0.444 e. The molecule has 13 heteroatoms. The molecule has 0 N–H and O–H groups in total. The molecule has 48 heavy (non-hydrogen) atoms. The molecule has 0 aliphatic carbocycles. The van der Waals surface area contributed by atoms with Gasteiger partial charge in [0.15, 0.2) is 5.65 Å². The maximum Gasteiger partial charge on any atom is 0.410 e. The molecule has 1 amide bonds. The summed E-state index contributed by atoms with van der Waals surface area (Å²) >= 11 is 0. The third kappa shape index (κ3) is 11.0. The van der Waals surface area contributed by atoms with Crippen molar-refractivity contribution in [1.82, 2.24) is 24.5 Å². The van der Waals surface area contributed by atoms with Gasteiger partial charge < -0.3 is 28.9 Å². The minimum absolute atomic E-state index is 0.0366. The van der Waals surface area contributed by atoms with Crippen molar-refractivity contribution < 1.29 is 19.0 Å². The molecule has 1 saturated heterocycles. The number of aromatic nitrogens is 4. The molecule has 4 heterocycles. The first-order chi connectivity index (χ1) is 22.4. The van der Waals surface area contributed by atoms with Crippen LogP contribution in [0.25, 0.3) is 16.8 Å². The van der Waals surface area contributed by atoms with Gasteiger partial charge in [-0.1, -0.05) is 39.3 Å². The highest BCUT2D eigenvalue weighted by Crippen LogP contribution is 2.33. The highest BCUT2D eigenvalue weighted by atomic mass is 28.3. The van der Waals surface area contributed by atoms with Crippen molar-refractivity contribution in [2.45, 2.75) is 96.5 Å². The number of ether oxygens (including phenoxy) is 3. The lowest BCUT2D eigenvalue weighted by Gasteiger charge is -2.34. The Balaban J connectivity index is 1.75. The van der Waals surface area contributed by atoms with E-state index in [0.717, 1.165) is 59.0 Å². The van der Waals surface area contributed by atoms with Crippen molar-refractivity contribution in [3.05, 3.63) is 36.3 Å². The van der Waals surface area contributed by atoms with E-state index in [1.165, 1.54) is 0 Å². The molecule has 3 aromatic heterocycles. The van der Waals surface area contributed by atoms with Crippen LogP contribution in [0.3, 0.4) is 0 Å². The number of carbonyl (C=O) groups excluding carboxylic acids is 1. The monoisotopic (exact) mass is 697 g/mol. The van der Waals surface area contributed by atoms with Gasteiger partial charge >= 0.3 is 6.09 Å². The van der Waals surface area contributed by atoms with Gasteiger partial charge in [-0.2, -0.15) is 9.61 Å². The van der Waals surface area contributed by atoms with Gasteiger partial charge in [0.1, 0.15) is 30.7 Å². The van der Waals surface area contributed by atoms with Crippen LogP contribution >= 0.6 is 0 Å². The summed E-state index contributed by atoms with van der Waals surface area (Å²) in [5.74, 6) is 1.77. The summed E-state index contributed by atoms with van der Waals surface area (Å²) in [6.45, 7) is 23.2. The first-order valence-electron chi connectivity index (χ1n) is 17.3. The van der Waals surface area contributed by atoms with Gasteiger partial charge in [-0.05, 0) is 57.8 Å². The van der Waals surface area contributed by atoms with E-state index in [1.54, 1.807) is 0 Å². The molecule has 1 unspecified atom stereocenters. The average molecular weight is 698 g/mol. The summed E-state index contributed by atoms with van der Waals surface area (Å²) in [4.78, 5) is 29.0. The van der Waals surface area contributed by atoms with E-state index in [4.69, 9.17) is 24.3 Å². The van der Waals surface area contributed by atoms with Gasteiger partial charge in [0.05, 0.1) is 11.9 Å². The highest BCUT2D eigenvalue weighted by molar-refractivity contribution is 6.76. The number of likely N-dealkylation sites (tertiary alicyclic amines) is 1. The molecule has 1 atom stereocenters. The van der Waals surface area contributed by atoms with Crippen LogP contribution in [0.2, 0.25) is 51.4 Å². The number of nitrogens with zero attached hydrogens (tertiary/aromatic N) is 7. The first-order valence-corrected chi connectivity index (χ1v) is 24.7. The summed E-state index contributed by atoms with van der Waals surface area (Å²) < 4.78 is 20.3. The van der Waals surface area contributed by atoms with Crippen LogP contribution in [0.15, 0.2) is 30.6 Å². The molecule has 0 spiro atoms. The van der Waals surface area contributed by atoms with Crippen LogP contribution in [-0.2, 0) is 14.2 Å². The van der Waals surface area contributed by atoms with Crippen LogP contribution < -0.4 is 9.80 Å². The molecule has 1 fully saturated rings. The number of rotatable bonds is 14. The number of fused-ring (bicyclic) bond motifs is 1. The average Bonchev–Trinajstić information content (AvgIpc) is 3.42. The van der Waals surface area contributed by atoms with Crippen molar-refractivity contribution in [2.75, 3.05) is 63.7 Å². The number of carbonyl (C=O) groups is 1. The Kier molecular flexibility index (Phi) is 12.4.